The summed E-state index contributed by atoms with van der Waals surface area (Å²) in [4.78, 5) is 27.2. The second kappa shape index (κ2) is 8.66. The molecule has 4 rings (SSSR count). The van der Waals surface area contributed by atoms with Gasteiger partial charge >= 0.3 is 0 Å². The minimum atomic E-state index is -0.499. The van der Waals surface area contributed by atoms with E-state index in [1.54, 1.807) is 24.1 Å². The van der Waals surface area contributed by atoms with Gasteiger partial charge in [-0.25, -0.2) is 14.4 Å². The van der Waals surface area contributed by atoms with E-state index in [9.17, 15) is 9.18 Å². The van der Waals surface area contributed by atoms with Gasteiger partial charge in [0.25, 0.3) is 11.8 Å². The van der Waals surface area contributed by atoms with E-state index in [1.807, 2.05) is 0 Å². The summed E-state index contributed by atoms with van der Waals surface area (Å²) in [6.45, 7) is 1.56. The molecule has 0 spiro atoms. The Morgan fingerprint density at radius 3 is 2.77 bits per heavy atom. The first-order valence-corrected chi connectivity index (χ1v) is 9.75. The molecule has 1 fully saturated rings. The Balaban J connectivity index is 1.62. The van der Waals surface area contributed by atoms with Crippen LogP contribution in [0.3, 0.4) is 0 Å². The molecular formula is C21H22FN5O3. The Labute approximate surface area is 173 Å². The van der Waals surface area contributed by atoms with Gasteiger partial charge in [0.05, 0.1) is 11.0 Å². The molecule has 9 heteroatoms. The number of benzene rings is 1. The standard InChI is InChI=1S/C21H22FN5O3/c1-29-10-8-21(20-25-18(30-26-20)15-3-5-17(22)6-4-15)7-2-9-27(13-21)19(28)16-11-23-14-24-12-16/h3-6,11-12,14H,2,7-10,13H2,1H3. The van der Waals surface area contributed by atoms with Crippen molar-refractivity contribution in [2.45, 2.75) is 24.7 Å². The second-order valence-electron chi connectivity index (χ2n) is 7.41. The molecule has 0 aliphatic carbocycles. The maximum absolute atomic E-state index is 13.2. The van der Waals surface area contributed by atoms with E-state index >= 15 is 0 Å². The maximum Gasteiger partial charge on any atom is 0.257 e. The third-order valence-electron chi connectivity index (χ3n) is 5.45. The second-order valence-corrected chi connectivity index (χ2v) is 7.41. The van der Waals surface area contributed by atoms with Gasteiger partial charge in [-0.15, -0.1) is 0 Å². The van der Waals surface area contributed by atoms with Crippen molar-refractivity contribution < 1.29 is 18.4 Å². The summed E-state index contributed by atoms with van der Waals surface area (Å²) in [6, 6.07) is 5.90. The quantitative estimate of drug-likeness (QED) is 0.616. The summed E-state index contributed by atoms with van der Waals surface area (Å²) in [6.07, 6.45) is 6.66. The number of ether oxygens (including phenoxy) is 1. The first-order chi connectivity index (χ1) is 14.6. The highest BCUT2D eigenvalue weighted by Crippen LogP contribution is 2.37. The number of piperidine rings is 1. The number of nitrogens with zero attached hydrogens (tertiary/aromatic N) is 5. The summed E-state index contributed by atoms with van der Waals surface area (Å²) >= 11 is 0. The van der Waals surface area contributed by atoms with Gasteiger partial charge in [0, 0.05) is 44.8 Å². The lowest BCUT2D eigenvalue weighted by atomic mass is 9.76. The SMILES string of the molecule is COCCC1(c2noc(-c3ccc(F)cc3)n2)CCCN(C(=O)c2cncnc2)C1. The Hall–Kier alpha value is -3.20. The van der Waals surface area contributed by atoms with Crippen LogP contribution in [0.15, 0.2) is 47.5 Å². The van der Waals surface area contributed by atoms with Crippen LogP contribution >= 0.6 is 0 Å². The minimum Gasteiger partial charge on any atom is -0.385 e. The summed E-state index contributed by atoms with van der Waals surface area (Å²) in [5, 5.41) is 4.23. The fraction of sp³-hybridized carbons (Fsp3) is 0.381. The van der Waals surface area contributed by atoms with Gasteiger partial charge in [-0.05, 0) is 43.5 Å². The lowest BCUT2D eigenvalue weighted by Crippen LogP contribution is -2.49. The fourth-order valence-electron chi connectivity index (χ4n) is 3.84. The summed E-state index contributed by atoms with van der Waals surface area (Å²) < 4.78 is 24.0. The van der Waals surface area contributed by atoms with Crippen LogP contribution in [0.25, 0.3) is 11.5 Å². The monoisotopic (exact) mass is 411 g/mol. The number of carbonyl (C=O) groups is 1. The van der Waals surface area contributed by atoms with E-state index in [0.717, 1.165) is 12.8 Å². The van der Waals surface area contributed by atoms with E-state index in [-0.39, 0.29) is 11.7 Å². The van der Waals surface area contributed by atoms with Crippen LogP contribution in [0, 0.1) is 5.82 Å². The molecule has 0 bridgehead atoms. The summed E-state index contributed by atoms with van der Waals surface area (Å²) in [5.74, 6) is 0.392. The van der Waals surface area contributed by atoms with Crippen LogP contribution in [-0.2, 0) is 10.2 Å². The van der Waals surface area contributed by atoms with Crippen LogP contribution in [0.5, 0.6) is 0 Å². The molecule has 3 aromatic rings. The number of rotatable bonds is 6. The van der Waals surface area contributed by atoms with Crippen molar-refractivity contribution in [3.8, 4) is 11.5 Å². The lowest BCUT2D eigenvalue weighted by Gasteiger charge is -2.40. The highest BCUT2D eigenvalue weighted by atomic mass is 19.1. The van der Waals surface area contributed by atoms with E-state index in [2.05, 4.69) is 20.1 Å². The number of methoxy groups -OCH3 is 1. The fourth-order valence-corrected chi connectivity index (χ4v) is 3.84. The molecule has 1 aliphatic rings. The van der Waals surface area contributed by atoms with Gasteiger partial charge in [-0.2, -0.15) is 4.98 Å². The first-order valence-electron chi connectivity index (χ1n) is 9.75. The summed E-state index contributed by atoms with van der Waals surface area (Å²) in [7, 11) is 1.64. The van der Waals surface area contributed by atoms with Crippen LogP contribution < -0.4 is 0 Å². The molecule has 1 unspecified atom stereocenters. The Morgan fingerprint density at radius 1 is 1.27 bits per heavy atom. The van der Waals surface area contributed by atoms with Gasteiger partial charge in [0.1, 0.15) is 12.1 Å². The molecule has 2 aromatic heterocycles. The van der Waals surface area contributed by atoms with E-state index in [1.165, 1.54) is 30.9 Å². The number of halogens is 1. The number of amides is 1. The normalized spacial score (nSPS) is 19.1. The maximum atomic E-state index is 13.2. The molecule has 0 N–H and O–H groups in total. The number of hydrogen-bond acceptors (Lipinski definition) is 7. The van der Waals surface area contributed by atoms with Crippen molar-refractivity contribution in [3.63, 3.8) is 0 Å². The van der Waals surface area contributed by atoms with E-state index in [4.69, 9.17) is 9.26 Å². The predicted octanol–water partition coefficient (Wildman–Crippen LogP) is 2.88. The van der Waals surface area contributed by atoms with Crippen molar-refractivity contribution in [1.82, 2.24) is 25.0 Å². The zero-order valence-corrected chi connectivity index (χ0v) is 16.6. The van der Waals surface area contributed by atoms with Crippen molar-refractivity contribution in [1.29, 1.82) is 0 Å². The minimum absolute atomic E-state index is 0.126. The highest BCUT2D eigenvalue weighted by Gasteiger charge is 2.42. The molecule has 3 heterocycles. The van der Waals surface area contributed by atoms with Crippen LogP contribution in [0.2, 0.25) is 0 Å². The van der Waals surface area contributed by atoms with Gasteiger partial charge in [0.15, 0.2) is 5.82 Å². The molecule has 0 radical (unpaired) electrons. The zero-order valence-electron chi connectivity index (χ0n) is 16.6. The molecular weight excluding hydrogens is 389 g/mol. The molecule has 1 aromatic carbocycles. The van der Waals surface area contributed by atoms with E-state index in [0.29, 0.717) is 49.0 Å². The molecule has 30 heavy (non-hydrogen) atoms. The van der Waals surface area contributed by atoms with E-state index < -0.39 is 5.41 Å². The van der Waals surface area contributed by atoms with Crippen molar-refractivity contribution >= 4 is 5.91 Å². The van der Waals surface area contributed by atoms with Crippen LogP contribution in [-0.4, -0.2) is 57.7 Å². The molecule has 8 nitrogen and oxygen atoms in total. The molecule has 1 atom stereocenters. The lowest BCUT2D eigenvalue weighted by molar-refractivity contribution is 0.0566. The molecule has 1 amide bonds. The number of likely N-dealkylation sites (tertiary alicyclic amines) is 1. The Morgan fingerprint density at radius 2 is 2.03 bits per heavy atom. The summed E-state index contributed by atoms with van der Waals surface area (Å²) in [5.41, 5.74) is 0.587. The third kappa shape index (κ3) is 4.06. The average molecular weight is 411 g/mol. The third-order valence-corrected chi connectivity index (χ3v) is 5.45. The van der Waals surface area contributed by atoms with Crippen LogP contribution in [0.1, 0.15) is 35.4 Å². The number of carbonyl (C=O) groups excluding carboxylic acids is 1. The Bertz CT molecular complexity index is 995. The molecule has 0 saturated carbocycles. The van der Waals surface area contributed by atoms with Crippen LogP contribution in [0.4, 0.5) is 4.39 Å². The zero-order chi connectivity index (χ0) is 21.0. The van der Waals surface area contributed by atoms with Gasteiger partial charge in [-0.3, -0.25) is 4.79 Å². The van der Waals surface area contributed by atoms with Gasteiger partial charge in [-0.1, -0.05) is 5.16 Å². The number of hydrogen-bond donors (Lipinski definition) is 0. The average Bonchev–Trinajstić information content (AvgIpc) is 3.29. The molecule has 156 valence electrons. The Kier molecular flexibility index (Phi) is 5.80. The number of aromatic nitrogens is 4. The molecule has 1 aliphatic heterocycles. The largest absolute Gasteiger partial charge is 0.385 e. The first kappa shape index (κ1) is 20.1. The highest BCUT2D eigenvalue weighted by molar-refractivity contribution is 5.93. The predicted molar refractivity (Wildman–Crippen MR) is 105 cm³/mol. The van der Waals surface area contributed by atoms with Crippen molar-refractivity contribution in [2.75, 3.05) is 26.8 Å². The topological polar surface area (TPSA) is 94.2 Å². The molecule has 1 saturated heterocycles. The van der Waals surface area contributed by atoms with Gasteiger partial charge in [0.2, 0.25) is 0 Å². The van der Waals surface area contributed by atoms with Crippen molar-refractivity contribution in [2.24, 2.45) is 0 Å². The van der Waals surface area contributed by atoms with Crippen molar-refractivity contribution in [3.05, 3.63) is 60.2 Å². The smallest absolute Gasteiger partial charge is 0.257 e. The van der Waals surface area contributed by atoms with Gasteiger partial charge < -0.3 is 14.2 Å².